The summed E-state index contributed by atoms with van der Waals surface area (Å²) in [7, 11) is -2.28. The van der Waals surface area contributed by atoms with Crippen molar-refractivity contribution in [3.8, 4) is 0 Å². The van der Waals surface area contributed by atoms with E-state index in [2.05, 4.69) is 33.9 Å². The fraction of sp³-hybridized carbons (Fsp3) is 0.679. The second-order valence-corrected chi connectivity index (χ2v) is 17.7. The zero-order chi connectivity index (χ0) is 27.9. The minimum atomic E-state index is -2.28. The molecular formula is C28H43NO7Si. The Bertz CT molecular complexity index is 991. The van der Waals surface area contributed by atoms with Crippen molar-refractivity contribution in [1.29, 1.82) is 0 Å². The highest BCUT2D eigenvalue weighted by molar-refractivity contribution is 6.74. The maximum Gasteiger partial charge on any atom is 0.311 e. The number of esters is 1. The number of hydrogen-bond donors (Lipinski definition) is 1. The Balaban J connectivity index is 1.78. The summed E-state index contributed by atoms with van der Waals surface area (Å²) in [6.07, 6.45) is -1.94. The van der Waals surface area contributed by atoms with E-state index in [9.17, 15) is 19.5 Å². The van der Waals surface area contributed by atoms with Crippen molar-refractivity contribution in [3.05, 3.63) is 35.4 Å². The molecule has 206 valence electrons. The minimum absolute atomic E-state index is 0.0374. The first-order valence-corrected chi connectivity index (χ1v) is 16.0. The zero-order valence-electron chi connectivity index (χ0n) is 23.7. The van der Waals surface area contributed by atoms with Gasteiger partial charge >= 0.3 is 5.97 Å². The highest BCUT2D eigenvalue weighted by Crippen LogP contribution is 2.39. The van der Waals surface area contributed by atoms with Crippen LogP contribution >= 0.6 is 0 Å². The van der Waals surface area contributed by atoms with Crippen molar-refractivity contribution in [3.63, 3.8) is 0 Å². The molecule has 0 aromatic heterocycles. The molecule has 1 saturated heterocycles. The molecule has 2 heterocycles. The Kier molecular flexibility index (Phi) is 8.44. The van der Waals surface area contributed by atoms with Crippen molar-refractivity contribution < 1.29 is 33.4 Å². The first-order chi connectivity index (χ1) is 16.9. The van der Waals surface area contributed by atoms with Gasteiger partial charge in [-0.15, -0.1) is 0 Å². The lowest BCUT2D eigenvalue weighted by molar-refractivity contribution is -0.158. The van der Waals surface area contributed by atoms with Gasteiger partial charge in [-0.3, -0.25) is 19.3 Å². The lowest BCUT2D eigenvalue weighted by atomic mass is 9.94. The molecule has 1 fully saturated rings. The van der Waals surface area contributed by atoms with Gasteiger partial charge in [-0.1, -0.05) is 39.8 Å². The maximum absolute atomic E-state index is 13.1. The standard InChI is InChI=1S/C28H43NO7Si/c1-17-21(35-22(23(17)30)16-34-26(33)27(2,3)4)14-18(36-37(8,9)28(5,6)7)15-29-24(31)19-12-10-11-13-20(19)25(29)32/h10-13,17-18,21-23,30H,14-16H2,1-9H3/t17-,18?,21+,22-,23?/m0/s1. The van der Waals surface area contributed by atoms with Crippen LogP contribution in [-0.4, -0.2) is 73.7 Å². The van der Waals surface area contributed by atoms with Crippen molar-refractivity contribution in [2.75, 3.05) is 13.2 Å². The average Bonchev–Trinajstić information content (AvgIpc) is 3.18. The largest absolute Gasteiger partial charge is 0.462 e. The molecule has 3 rings (SSSR count). The van der Waals surface area contributed by atoms with Gasteiger partial charge in [-0.2, -0.15) is 0 Å². The number of aliphatic hydroxyl groups is 1. The van der Waals surface area contributed by atoms with Crippen LogP contribution in [0.15, 0.2) is 24.3 Å². The van der Waals surface area contributed by atoms with Crippen LogP contribution < -0.4 is 0 Å². The molecule has 0 saturated carbocycles. The molecule has 1 aromatic rings. The Morgan fingerprint density at radius 1 is 1.05 bits per heavy atom. The monoisotopic (exact) mass is 533 g/mol. The summed E-state index contributed by atoms with van der Waals surface area (Å²) in [5.74, 6) is -1.25. The van der Waals surface area contributed by atoms with Gasteiger partial charge < -0.3 is 19.0 Å². The number of aliphatic hydroxyl groups excluding tert-OH is 1. The number of nitrogens with zero attached hydrogens (tertiary/aromatic N) is 1. The highest BCUT2D eigenvalue weighted by Gasteiger charge is 2.46. The van der Waals surface area contributed by atoms with Gasteiger partial charge in [0.05, 0.1) is 41.4 Å². The normalized spacial score (nSPS) is 25.4. The molecule has 9 heteroatoms. The van der Waals surface area contributed by atoms with Gasteiger partial charge in [0.25, 0.3) is 11.8 Å². The van der Waals surface area contributed by atoms with E-state index in [1.54, 1.807) is 45.0 Å². The number of benzene rings is 1. The molecular weight excluding hydrogens is 490 g/mol. The van der Waals surface area contributed by atoms with Crippen molar-refractivity contribution in [2.45, 2.75) is 97.4 Å². The Morgan fingerprint density at radius 3 is 2.08 bits per heavy atom. The minimum Gasteiger partial charge on any atom is -0.462 e. The van der Waals surface area contributed by atoms with Gasteiger partial charge in [-0.05, 0) is 51.0 Å². The first-order valence-electron chi connectivity index (χ1n) is 13.1. The molecule has 0 aliphatic carbocycles. The van der Waals surface area contributed by atoms with E-state index in [-0.39, 0.29) is 41.9 Å². The van der Waals surface area contributed by atoms with E-state index in [0.717, 1.165) is 0 Å². The lowest BCUT2D eigenvalue weighted by Crippen LogP contribution is -2.49. The van der Waals surface area contributed by atoms with Crippen LogP contribution in [0.5, 0.6) is 0 Å². The van der Waals surface area contributed by atoms with Gasteiger partial charge in [0.1, 0.15) is 12.7 Å². The van der Waals surface area contributed by atoms with Gasteiger partial charge in [0.2, 0.25) is 0 Å². The highest BCUT2D eigenvalue weighted by atomic mass is 28.4. The molecule has 0 spiro atoms. The van der Waals surface area contributed by atoms with Crippen molar-refractivity contribution in [2.24, 2.45) is 11.3 Å². The third kappa shape index (κ3) is 6.33. The Labute approximate surface area is 221 Å². The third-order valence-corrected chi connectivity index (χ3v) is 12.4. The van der Waals surface area contributed by atoms with E-state index >= 15 is 0 Å². The molecule has 5 atom stereocenters. The molecule has 0 bridgehead atoms. The molecule has 2 aliphatic heterocycles. The van der Waals surface area contributed by atoms with Crippen LogP contribution in [0.2, 0.25) is 18.1 Å². The van der Waals surface area contributed by atoms with Crippen LogP contribution in [0.4, 0.5) is 0 Å². The lowest BCUT2D eigenvalue weighted by Gasteiger charge is -2.40. The second-order valence-electron chi connectivity index (χ2n) is 12.9. The summed E-state index contributed by atoms with van der Waals surface area (Å²) in [5, 5.41) is 10.8. The molecule has 8 nitrogen and oxygen atoms in total. The number of fused-ring (bicyclic) bond motifs is 1. The predicted octanol–water partition coefficient (Wildman–Crippen LogP) is 4.42. The molecule has 2 amide bonds. The number of carbonyl (C=O) groups is 3. The number of imide groups is 1. The SMILES string of the molecule is C[C@@H]1C(O)[C@H](COC(=O)C(C)(C)C)O[C@@H]1CC(CN1C(=O)c2ccccc2C1=O)O[Si](C)(C)C(C)(C)C. The Morgan fingerprint density at radius 2 is 1.59 bits per heavy atom. The summed E-state index contributed by atoms with van der Waals surface area (Å²) in [4.78, 5) is 39.7. The second kappa shape index (κ2) is 10.6. The smallest absolute Gasteiger partial charge is 0.311 e. The number of amides is 2. The summed E-state index contributed by atoms with van der Waals surface area (Å²) in [6.45, 7) is 17.9. The maximum atomic E-state index is 13.1. The van der Waals surface area contributed by atoms with Crippen LogP contribution in [0, 0.1) is 11.3 Å². The molecule has 1 aromatic carbocycles. The van der Waals surface area contributed by atoms with E-state index < -0.39 is 38.1 Å². The van der Waals surface area contributed by atoms with Crippen LogP contribution in [-0.2, 0) is 18.7 Å². The van der Waals surface area contributed by atoms with E-state index in [1.807, 2.05) is 6.92 Å². The van der Waals surface area contributed by atoms with Crippen molar-refractivity contribution >= 4 is 26.1 Å². The van der Waals surface area contributed by atoms with Gasteiger partial charge in [-0.25, -0.2) is 0 Å². The number of carbonyl (C=O) groups excluding carboxylic acids is 3. The van der Waals surface area contributed by atoms with Crippen molar-refractivity contribution in [1.82, 2.24) is 4.90 Å². The van der Waals surface area contributed by atoms with E-state index in [4.69, 9.17) is 13.9 Å². The van der Waals surface area contributed by atoms with Crippen LogP contribution in [0.25, 0.3) is 0 Å². The summed E-state index contributed by atoms with van der Waals surface area (Å²) in [6, 6.07) is 6.83. The summed E-state index contributed by atoms with van der Waals surface area (Å²) in [5.41, 5.74) is 0.156. The topological polar surface area (TPSA) is 102 Å². The van der Waals surface area contributed by atoms with E-state index in [1.165, 1.54) is 4.90 Å². The molecule has 1 N–H and O–H groups in total. The zero-order valence-corrected chi connectivity index (χ0v) is 24.7. The summed E-state index contributed by atoms with van der Waals surface area (Å²) >= 11 is 0. The summed E-state index contributed by atoms with van der Waals surface area (Å²) < 4.78 is 18.3. The predicted molar refractivity (Wildman–Crippen MR) is 143 cm³/mol. The first kappa shape index (κ1) is 29.5. The Hall–Kier alpha value is -2.07. The fourth-order valence-electron chi connectivity index (χ4n) is 4.39. The molecule has 0 radical (unpaired) electrons. The molecule has 2 unspecified atom stereocenters. The third-order valence-electron chi connectivity index (χ3n) is 7.87. The van der Waals surface area contributed by atoms with Crippen LogP contribution in [0.1, 0.15) is 75.6 Å². The average molecular weight is 534 g/mol. The molecule has 37 heavy (non-hydrogen) atoms. The number of ether oxygens (including phenoxy) is 2. The van der Waals surface area contributed by atoms with Crippen LogP contribution in [0.3, 0.4) is 0 Å². The van der Waals surface area contributed by atoms with Gasteiger partial charge in [0, 0.05) is 12.3 Å². The number of rotatable bonds is 8. The number of hydrogen-bond acceptors (Lipinski definition) is 7. The molecule has 2 aliphatic rings. The van der Waals surface area contributed by atoms with Gasteiger partial charge in [0.15, 0.2) is 8.32 Å². The van der Waals surface area contributed by atoms with E-state index in [0.29, 0.717) is 17.5 Å². The quantitative estimate of drug-likeness (QED) is 0.300. The fourth-order valence-corrected chi connectivity index (χ4v) is 5.75.